The van der Waals surface area contributed by atoms with Crippen molar-refractivity contribution < 1.29 is 14.3 Å². The smallest absolute Gasteiger partial charge is 0.268 e. The molecule has 152 valence electrons. The average Bonchev–Trinajstić information content (AvgIpc) is 3.04. The number of carbonyl (C=O) groups is 2. The highest BCUT2D eigenvalue weighted by Gasteiger charge is 2.42. The van der Waals surface area contributed by atoms with Gasteiger partial charge >= 0.3 is 0 Å². The van der Waals surface area contributed by atoms with E-state index in [1.54, 1.807) is 7.11 Å². The lowest BCUT2D eigenvalue weighted by atomic mass is 9.98. The van der Waals surface area contributed by atoms with Crippen LogP contribution in [0.5, 0.6) is 5.75 Å². The molecule has 0 saturated heterocycles. The zero-order chi connectivity index (χ0) is 21.7. The van der Waals surface area contributed by atoms with Crippen molar-refractivity contribution in [3.8, 4) is 17.0 Å². The fraction of sp³-hybridized carbons (Fsp3) is 0.115. The van der Waals surface area contributed by atoms with E-state index in [-0.39, 0.29) is 11.8 Å². The largest absolute Gasteiger partial charge is 0.497 e. The number of para-hydroxylation sites is 2. The molecule has 5 heteroatoms. The predicted molar refractivity (Wildman–Crippen MR) is 121 cm³/mol. The Hall–Kier alpha value is -3.99. The summed E-state index contributed by atoms with van der Waals surface area (Å²) in [5, 5.41) is 0.677. The number of hydrogen-bond donors (Lipinski definition) is 0. The summed E-state index contributed by atoms with van der Waals surface area (Å²) < 4.78 is 5.36. The van der Waals surface area contributed by atoms with E-state index in [0.717, 1.165) is 16.7 Å². The maximum atomic E-state index is 13.7. The first-order chi connectivity index (χ1) is 15.0. The van der Waals surface area contributed by atoms with Gasteiger partial charge in [-0.3, -0.25) is 9.59 Å². The van der Waals surface area contributed by atoms with Crippen molar-refractivity contribution >= 4 is 28.4 Å². The molecule has 4 aromatic rings. The van der Waals surface area contributed by atoms with Gasteiger partial charge in [0.1, 0.15) is 5.75 Å². The van der Waals surface area contributed by atoms with Gasteiger partial charge in [0.25, 0.3) is 11.8 Å². The number of imide groups is 1. The van der Waals surface area contributed by atoms with Crippen LogP contribution in [0.25, 0.3) is 22.2 Å². The summed E-state index contributed by atoms with van der Waals surface area (Å²) in [5.74, 6) is -0.0156. The van der Waals surface area contributed by atoms with Crippen molar-refractivity contribution in [2.24, 2.45) is 0 Å². The third-order valence-corrected chi connectivity index (χ3v) is 5.73. The Kier molecular flexibility index (Phi) is 4.33. The van der Waals surface area contributed by atoms with E-state index >= 15 is 0 Å². The zero-order valence-corrected chi connectivity index (χ0v) is 17.5. The van der Waals surface area contributed by atoms with Crippen LogP contribution in [0, 0.1) is 13.8 Å². The lowest BCUT2D eigenvalue weighted by molar-refractivity contribution is 0.0926. The number of hydrogen-bond acceptors (Lipinski definition) is 4. The van der Waals surface area contributed by atoms with Gasteiger partial charge in [0.2, 0.25) is 0 Å². The molecular formula is C26H20N2O3. The van der Waals surface area contributed by atoms with Gasteiger partial charge in [-0.1, -0.05) is 48.5 Å². The van der Waals surface area contributed by atoms with E-state index < -0.39 is 0 Å². The third kappa shape index (κ3) is 2.81. The number of ether oxygens (including phenoxy) is 1. The Balaban J connectivity index is 1.83. The molecule has 0 N–H and O–H groups in total. The fourth-order valence-corrected chi connectivity index (χ4v) is 4.30. The molecule has 1 aliphatic rings. The summed E-state index contributed by atoms with van der Waals surface area (Å²) in [5.41, 5.74) is 4.99. The molecule has 1 aliphatic heterocycles. The topological polar surface area (TPSA) is 59.5 Å². The van der Waals surface area contributed by atoms with Gasteiger partial charge in [-0.15, -0.1) is 0 Å². The Bertz CT molecular complexity index is 1370. The third-order valence-electron chi connectivity index (χ3n) is 5.73. The van der Waals surface area contributed by atoms with Crippen LogP contribution in [0.1, 0.15) is 31.8 Å². The Labute approximate surface area is 179 Å². The highest BCUT2D eigenvalue weighted by atomic mass is 16.5. The molecule has 2 amide bonds. The van der Waals surface area contributed by atoms with Crippen LogP contribution in [0.15, 0.2) is 66.7 Å². The maximum Gasteiger partial charge on any atom is 0.268 e. The fourth-order valence-electron chi connectivity index (χ4n) is 4.30. The lowest BCUT2D eigenvalue weighted by Gasteiger charge is -2.19. The van der Waals surface area contributed by atoms with E-state index in [9.17, 15) is 9.59 Å². The summed E-state index contributed by atoms with van der Waals surface area (Å²) in [6.07, 6.45) is 0. The SMILES string of the molecule is COc1cccc(-c2nc3ccccc3c3c2C(=O)N(c2c(C)cccc2C)C3=O)c1. The number of carbonyl (C=O) groups excluding carboxylic acids is 2. The van der Waals surface area contributed by atoms with Gasteiger partial charge in [-0.25, -0.2) is 9.88 Å². The number of pyridine rings is 1. The van der Waals surface area contributed by atoms with Crippen LogP contribution in [0.2, 0.25) is 0 Å². The van der Waals surface area contributed by atoms with Crippen molar-refractivity contribution in [1.82, 2.24) is 4.98 Å². The van der Waals surface area contributed by atoms with Crippen LogP contribution in [0.4, 0.5) is 5.69 Å². The Morgan fingerprint density at radius 2 is 1.48 bits per heavy atom. The van der Waals surface area contributed by atoms with Crippen molar-refractivity contribution in [2.45, 2.75) is 13.8 Å². The first-order valence-corrected chi connectivity index (χ1v) is 10.0. The zero-order valence-electron chi connectivity index (χ0n) is 17.5. The van der Waals surface area contributed by atoms with E-state index in [1.165, 1.54) is 4.90 Å². The number of anilines is 1. The molecule has 0 bridgehead atoms. The molecule has 3 aromatic carbocycles. The first-order valence-electron chi connectivity index (χ1n) is 10.0. The number of methoxy groups -OCH3 is 1. The van der Waals surface area contributed by atoms with E-state index in [2.05, 4.69) is 0 Å². The standard InChI is InChI=1S/C26H20N2O3/c1-15-8-6-9-16(2)24(15)28-25(29)21-19-12-4-5-13-20(19)27-23(22(21)26(28)30)17-10-7-11-18(14-17)31-3/h4-14H,1-3H3. The van der Waals surface area contributed by atoms with Crippen LogP contribution < -0.4 is 9.64 Å². The van der Waals surface area contributed by atoms with E-state index in [4.69, 9.17) is 9.72 Å². The molecule has 5 nitrogen and oxygen atoms in total. The van der Waals surface area contributed by atoms with Gasteiger partial charge < -0.3 is 4.74 Å². The van der Waals surface area contributed by atoms with Gasteiger partial charge in [0.05, 0.1) is 35.1 Å². The summed E-state index contributed by atoms with van der Waals surface area (Å²) >= 11 is 0. The Morgan fingerprint density at radius 3 is 2.23 bits per heavy atom. The number of aryl methyl sites for hydroxylation is 2. The van der Waals surface area contributed by atoms with Crippen molar-refractivity contribution in [3.63, 3.8) is 0 Å². The molecule has 0 saturated carbocycles. The van der Waals surface area contributed by atoms with Crippen LogP contribution in [-0.4, -0.2) is 23.9 Å². The van der Waals surface area contributed by atoms with Crippen LogP contribution in [-0.2, 0) is 0 Å². The molecule has 0 unspecified atom stereocenters. The number of benzene rings is 3. The monoisotopic (exact) mass is 408 g/mol. The molecule has 2 heterocycles. The minimum atomic E-state index is -0.353. The quantitative estimate of drug-likeness (QED) is 0.430. The summed E-state index contributed by atoms with van der Waals surface area (Å²) in [4.78, 5) is 33.5. The highest BCUT2D eigenvalue weighted by molar-refractivity contribution is 6.39. The van der Waals surface area contributed by atoms with Gasteiger partial charge in [0, 0.05) is 10.9 Å². The molecule has 5 rings (SSSR count). The van der Waals surface area contributed by atoms with E-state index in [1.807, 2.05) is 80.6 Å². The van der Waals surface area contributed by atoms with Crippen molar-refractivity contribution in [2.75, 3.05) is 12.0 Å². The molecule has 0 radical (unpaired) electrons. The predicted octanol–water partition coefficient (Wildman–Crippen LogP) is 5.33. The Morgan fingerprint density at radius 1 is 0.806 bits per heavy atom. The molecule has 0 aliphatic carbocycles. The molecule has 0 atom stereocenters. The summed E-state index contributed by atoms with van der Waals surface area (Å²) in [6, 6.07) is 20.6. The molecule has 1 aromatic heterocycles. The number of fused-ring (bicyclic) bond motifs is 3. The molecular weight excluding hydrogens is 388 g/mol. The summed E-state index contributed by atoms with van der Waals surface area (Å²) in [7, 11) is 1.59. The van der Waals surface area contributed by atoms with Gasteiger partial charge in [-0.2, -0.15) is 0 Å². The van der Waals surface area contributed by atoms with Crippen LogP contribution >= 0.6 is 0 Å². The van der Waals surface area contributed by atoms with E-state index in [0.29, 0.717) is 39.2 Å². The first kappa shape index (κ1) is 19.0. The average molecular weight is 408 g/mol. The highest BCUT2D eigenvalue weighted by Crippen LogP contribution is 2.40. The minimum Gasteiger partial charge on any atom is -0.497 e. The second-order valence-electron chi connectivity index (χ2n) is 7.65. The number of aromatic nitrogens is 1. The number of amides is 2. The second kappa shape index (κ2) is 7.06. The van der Waals surface area contributed by atoms with Crippen molar-refractivity contribution in [3.05, 3.63) is 89.0 Å². The normalized spacial score (nSPS) is 13.1. The minimum absolute atomic E-state index is 0.319. The molecule has 0 fully saturated rings. The maximum absolute atomic E-state index is 13.7. The number of nitrogens with zero attached hydrogens (tertiary/aromatic N) is 2. The number of rotatable bonds is 3. The van der Waals surface area contributed by atoms with Gasteiger partial charge in [-0.05, 0) is 43.2 Å². The van der Waals surface area contributed by atoms with Gasteiger partial charge in [0.15, 0.2) is 0 Å². The lowest BCUT2D eigenvalue weighted by Crippen LogP contribution is -2.30. The second-order valence-corrected chi connectivity index (χ2v) is 7.65. The van der Waals surface area contributed by atoms with Crippen LogP contribution in [0.3, 0.4) is 0 Å². The van der Waals surface area contributed by atoms with Crippen molar-refractivity contribution in [1.29, 1.82) is 0 Å². The molecule has 0 spiro atoms. The molecule has 31 heavy (non-hydrogen) atoms. The summed E-state index contributed by atoms with van der Waals surface area (Å²) in [6.45, 7) is 3.82.